The topological polar surface area (TPSA) is 83.5 Å². The van der Waals surface area contributed by atoms with Crippen LogP contribution in [-0.2, 0) is 27.2 Å². The maximum absolute atomic E-state index is 14.7. The van der Waals surface area contributed by atoms with Gasteiger partial charge in [-0.3, -0.25) is 4.57 Å². The number of unbranched alkanes of at least 4 members (excludes halogenated alkanes) is 5. The van der Waals surface area contributed by atoms with Crippen molar-refractivity contribution in [2.75, 3.05) is 33.0 Å². The summed E-state index contributed by atoms with van der Waals surface area (Å²) in [5, 5.41) is 10.6. The zero-order valence-electron chi connectivity index (χ0n) is 23.9. The number of hydrogen-bond acceptors (Lipinski definition) is 8. The summed E-state index contributed by atoms with van der Waals surface area (Å²) in [5.74, 6) is -0.690. The third kappa shape index (κ3) is 12.4. The van der Waals surface area contributed by atoms with E-state index in [0.29, 0.717) is 32.7 Å². The molecule has 0 heterocycles. The van der Waals surface area contributed by atoms with Gasteiger partial charge in [-0.25, -0.2) is 4.39 Å². The van der Waals surface area contributed by atoms with E-state index in [9.17, 15) is 14.1 Å². The third-order valence-corrected chi connectivity index (χ3v) is 13.0. The molecule has 7 nitrogen and oxygen atoms in total. The zero-order valence-corrected chi connectivity index (χ0v) is 26.5. The second-order valence-corrected chi connectivity index (χ2v) is 15.1. The lowest BCUT2D eigenvalue weighted by atomic mass is 10.3. The quantitative estimate of drug-likeness (QED) is 0.0757. The van der Waals surface area contributed by atoms with E-state index in [-0.39, 0.29) is 28.2 Å². The predicted molar refractivity (Wildman–Crippen MR) is 158 cm³/mol. The first-order valence-electron chi connectivity index (χ1n) is 14.1. The summed E-state index contributed by atoms with van der Waals surface area (Å²) in [4.78, 5) is 0.167. The van der Waals surface area contributed by atoms with Crippen molar-refractivity contribution >= 4 is 31.3 Å². The number of halogens is 1. The smallest absolute Gasteiger partial charge is 0.375 e. The molecule has 0 saturated heterocycles. The highest BCUT2D eigenvalue weighted by Crippen LogP contribution is 2.69. The standard InChI is InChI=1S/C27H49FO7P2S/c1-6-11-18-31-36(30,32-19-12-7-2)27(38-26-23-24(28)16-17-25(26)29)37(33-20-13-8-3,34-21-14-9-4)35-22-15-10-5/h16-17,23,29H,6-15,18-22H2,1-5H3. The second-order valence-electron chi connectivity index (χ2n) is 8.93. The highest BCUT2D eigenvalue weighted by molar-refractivity contribution is 8.32. The minimum absolute atomic E-state index is 0.126. The van der Waals surface area contributed by atoms with Crippen LogP contribution in [0.5, 0.6) is 5.75 Å². The van der Waals surface area contributed by atoms with Crippen molar-refractivity contribution in [2.24, 2.45) is 0 Å². The van der Waals surface area contributed by atoms with Crippen molar-refractivity contribution in [1.29, 1.82) is 0 Å². The summed E-state index contributed by atoms with van der Waals surface area (Å²) in [5.41, 5.74) is 0. The molecule has 0 fully saturated rings. The maximum Gasteiger partial charge on any atom is 0.375 e. The molecule has 11 heteroatoms. The number of aromatic hydroxyl groups is 1. The molecule has 0 unspecified atom stereocenters. The van der Waals surface area contributed by atoms with Crippen LogP contribution >= 0.6 is 26.9 Å². The van der Waals surface area contributed by atoms with Crippen LogP contribution in [0.25, 0.3) is 0 Å². The predicted octanol–water partition coefficient (Wildman–Crippen LogP) is 9.75. The Kier molecular flexibility index (Phi) is 19.2. The summed E-state index contributed by atoms with van der Waals surface area (Å²) in [7, 11) is -7.52. The Labute approximate surface area is 234 Å². The molecule has 0 radical (unpaired) electrons. The van der Waals surface area contributed by atoms with Gasteiger partial charge in [0, 0.05) is 0 Å². The minimum Gasteiger partial charge on any atom is -0.507 e. The Morgan fingerprint density at radius 1 is 0.737 bits per heavy atom. The number of benzene rings is 1. The Bertz CT molecular complexity index is 838. The molecule has 0 bridgehead atoms. The van der Waals surface area contributed by atoms with Gasteiger partial charge in [-0.2, -0.15) is 0 Å². The molecule has 1 rings (SSSR count). The number of rotatable bonds is 23. The van der Waals surface area contributed by atoms with E-state index in [2.05, 4.69) is 20.8 Å². The molecule has 1 N–H and O–H groups in total. The van der Waals surface area contributed by atoms with Gasteiger partial charge in [-0.05, 0) is 50.3 Å². The summed E-state index contributed by atoms with van der Waals surface area (Å²) in [6, 6.07) is 3.63. The summed E-state index contributed by atoms with van der Waals surface area (Å²) >= 11 is 0.922. The van der Waals surface area contributed by atoms with Crippen LogP contribution in [0.2, 0.25) is 0 Å². The van der Waals surface area contributed by atoms with E-state index in [0.717, 1.165) is 63.1 Å². The highest BCUT2D eigenvalue weighted by atomic mass is 32.2. The van der Waals surface area contributed by atoms with E-state index in [1.807, 2.05) is 13.8 Å². The molecule has 222 valence electrons. The van der Waals surface area contributed by atoms with E-state index in [1.54, 1.807) is 0 Å². The fraction of sp³-hybridized carbons (Fsp3) is 0.741. The molecule has 0 saturated carbocycles. The van der Waals surface area contributed by atoms with Crippen LogP contribution in [0.3, 0.4) is 0 Å². The Morgan fingerprint density at radius 3 is 1.53 bits per heavy atom. The Hall–Kier alpha value is -0.370. The van der Waals surface area contributed by atoms with Crippen molar-refractivity contribution in [3.63, 3.8) is 0 Å². The lowest BCUT2D eigenvalue weighted by molar-refractivity contribution is 0.150. The van der Waals surface area contributed by atoms with E-state index in [1.165, 1.54) is 18.2 Å². The zero-order chi connectivity index (χ0) is 28.3. The molecule has 0 aromatic heterocycles. The van der Waals surface area contributed by atoms with Crippen molar-refractivity contribution < 1.29 is 36.7 Å². The molecule has 0 amide bonds. The van der Waals surface area contributed by atoms with Gasteiger partial charge in [-0.15, -0.1) is 0 Å². The van der Waals surface area contributed by atoms with Crippen LogP contribution in [-0.4, -0.2) is 42.5 Å². The van der Waals surface area contributed by atoms with Crippen molar-refractivity contribution in [3.05, 3.63) is 24.0 Å². The molecule has 0 spiro atoms. The number of phenolic OH excluding ortho intramolecular Hbond substituents is 1. The number of hydrogen-bond donors (Lipinski definition) is 1. The SMILES string of the molecule is CCCCOP(=O)(OCCCC)C(Sc1cc(F)ccc1O)=P(OCCCC)(OCCCC)OCCCC. The van der Waals surface area contributed by atoms with Crippen molar-refractivity contribution in [2.45, 2.75) is 104 Å². The first-order valence-corrected chi connectivity index (χ1v) is 18.0. The summed E-state index contributed by atoms with van der Waals surface area (Å²) in [6.07, 6.45) is 7.94. The molecule has 0 aliphatic rings. The summed E-state index contributed by atoms with van der Waals surface area (Å²) < 4.78 is 60.5. The van der Waals surface area contributed by atoms with Crippen LogP contribution in [0.4, 0.5) is 4.39 Å². The van der Waals surface area contributed by atoms with Crippen LogP contribution in [0, 0.1) is 5.82 Å². The van der Waals surface area contributed by atoms with Gasteiger partial charge >= 0.3 is 7.60 Å². The van der Waals surface area contributed by atoms with E-state index >= 15 is 0 Å². The first-order chi connectivity index (χ1) is 18.3. The van der Waals surface area contributed by atoms with E-state index < -0.39 is 21.0 Å². The van der Waals surface area contributed by atoms with E-state index in [4.69, 9.17) is 22.6 Å². The Balaban J connectivity index is 3.91. The highest BCUT2D eigenvalue weighted by Gasteiger charge is 2.43. The molecule has 0 aliphatic carbocycles. The largest absolute Gasteiger partial charge is 0.507 e. The van der Waals surface area contributed by atoms with Gasteiger partial charge in [0.2, 0.25) is 0 Å². The molecule has 38 heavy (non-hydrogen) atoms. The van der Waals surface area contributed by atoms with Gasteiger partial charge in [0.25, 0.3) is 7.57 Å². The van der Waals surface area contributed by atoms with Crippen LogP contribution < -0.4 is 0 Å². The lowest BCUT2D eigenvalue weighted by Crippen LogP contribution is -2.15. The van der Waals surface area contributed by atoms with Gasteiger partial charge in [0.15, 0.2) is 4.37 Å². The van der Waals surface area contributed by atoms with Gasteiger partial charge < -0.3 is 27.7 Å². The minimum atomic E-state index is -4.04. The number of phenols is 1. The molecule has 1 aromatic carbocycles. The average molecular weight is 599 g/mol. The molecule has 1 aromatic rings. The Morgan fingerprint density at radius 2 is 1.13 bits per heavy atom. The second kappa shape index (κ2) is 20.5. The van der Waals surface area contributed by atoms with Crippen LogP contribution in [0.1, 0.15) is 98.8 Å². The fourth-order valence-electron chi connectivity index (χ4n) is 3.00. The molecule has 0 aliphatic heterocycles. The van der Waals surface area contributed by atoms with Gasteiger partial charge in [-0.1, -0.05) is 78.5 Å². The normalized spacial score (nSPS) is 12.3. The first kappa shape index (κ1) is 35.7. The molecular weight excluding hydrogens is 549 g/mol. The average Bonchev–Trinajstić information content (AvgIpc) is 2.89. The number of thioether (sulfide) groups is 1. The van der Waals surface area contributed by atoms with Gasteiger partial charge in [0.1, 0.15) is 11.6 Å². The van der Waals surface area contributed by atoms with Crippen LogP contribution in [0.15, 0.2) is 23.1 Å². The lowest BCUT2D eigenvalue weighted by Gasteiger charge is -2.32. The van der Waals surface area contributed by atoms with Gasteiger partial charge in [0.05, 0.1) is 37.9 Å². The van der Waals surface area contributed by atoms with Crippen molar-refractivity contribution in [3.8, 4) is 5.75 Å². The third-order valence-electron chi connectivity index (χ3n) is 5.39. The maximum atomic E-state index is 14.7. The molecule has 0 atom stereocenters. The fourth-order valence-corrected chi connectivity index (χ4v) is 10.6. The molecular formula is C27H49FO7P2S. The summed E-state index contributed by atoms with van der Waals surface area (Å²) in [6.45, 7) is 11.6. The van der Waals surface area contributed by atoms with Crippen molar-refractivity contribution in [1.82, 2.24) is 0 Å². The monoisotopic (exact) mass is 598 g/mol.